The summed E-state index contributed by atoms with van der Waals surface area (Å²) < 4.78 is 4.67. The van der Waals surface area contributed by atoms with Crippen molar-refractivity contribution in [1.82, 2.24) is 0 Å². The fraction of sp³-hybridized carbons (Fsp3) is 1.00. The summed E-state index contributed by atoms with van der Waals surface area (Å²) in [6.07, 6.45) is -1.51. The van der Waals surface area contributed by atoms with Crippen molar-refractivity contribution in [2.24, 2.45) is 0 Å². The molecule has 0 radical (unpaired) electrons. The molecule has 1 rings (SSSR count). The van der Waals surface area contributed by atoms with Gasteiger partial charge in [-0.15, -0.1) is 20.2 Å². The van der Waals surface area contributed by atoms with Crippen LogP contribution in [0.1, 0.15) is 0 Å². The van der Waals surface area contributed by atoms with Crippen molar-refractivity contribution in [2.75, 3.05) is 13.2 Å². The second-order valence-electron chi connectivity index (χ2n) is 2.26. The van der Waals surface area contributed by atoms with E-state index in [-0.39, 0.29) is 0 Å². The van der Waals surface area contributed by atoms with Gasteiger partial charge in [-0.2, -0.15) is 0 Å². The van der Waals surface area contributed by atoms with E-state index in [2.05, 4.69) is 14.4 Å². The van der Waals surface area contributed by atoms with Gasteiger partial charge in [0.05, 0.1) is 6.61 Å². The Morgan fingerprint density at radius 3 is 2.46 bits per heavy atom. The summed E-state index contributed by atoms with van der Waals surface area (Å²) in [7, 11) is 0. The third-order valence-electron chi connectivity index (χ3n) is 1.34. The zero-order chi connectivity index (χ0) is 9.84. The molecule has 2 unspecified atom stereocenters. The van der Waals surface area contributed by atoms with Gasteiger partial charge < -0.3 is 14.4 Å². The predicted molar refractivity (Wildman–Crippen MR) is 34.6 cm³/mol. The molecule has 0 N–H and O–H groups in total. The SMILES string of the molecule is O=[N+]([O-])OCC(O[N+](=O)[O-])C1CO1. The molecule has 0 saturated carbocycles. The van der Waals surface area contributed by atoms with E-state index in [1.807, 2.05) is 0 Å². The largest absolute Gasteiger partial charge is 0.371 e. The Bertz CT molecular complexity index is 215. The molecule has 74 valence electrons. The van der Waals surface area contributed by atoms with Crippen LogP contribution in [0, 0.1) is 20.2 Å². The van der Waals surface area contributed by atoms with E-state index < -0.39 is 29.0 Å². The maximum absolute atomic E-state index is 9.89. The van der Waals surface area contributed by atoms with Crippen molar-refractivity contribution in [3.8, 4) is 0 Å². The Morgan fingerprint density at radius 2 is 2.08 bits per heavy atom. The summed E-state index contributed by atoms with van der Waals surface area (Å²) in [6, 6.07) is 0. The first-order valence-electron chi connectivity index (χ1n) is 3.29. The van der Waals surface area contributed by atoms with Crippen LogP contribution in [0.25, 0.3) is 0 Å². The van der Waals surface area contributed by atoms with Gasteiger partial charge in [0.15, 0.2) is 6.10 Å². The molecule has 13 heavy (non-hydrogen) atoms. The monoisotopic (exact) mass is 194 g/mol. The average molecular weight is 194 g/mol. The van der Waals surface area contributed by atoms with E-state index >= 15 is 0 Å². The molecule has 0 spiro atoms. The molecule has 1 aliphatic heterocycles. The van der Waals surface area contributed by atoms with Crippen LogP contribution in [-0.4, -0.2) is 35.6 Å². The lowest BCUT2D eigenvalue weighted by Gasteiger charge is -2.09. The zero-order valence-electron chi connectivity index (χ0n) is 6.32. The smallest absolute Gasteiger partial charge is 0.294 e. The Kier molecular flexibility index (Phi) is 2.80. The van der Waals surface area contributed by atoms with Crippen molar-refractivity contribution in [3.05, 3.63) is 20.2 Å². The molecule has 0 aliphatic carbocycles. The highest BCUT2D eigenvalue weighted by molar-refractivity contribution is 4.78. The number of hydrogen-bond donors (Lipinski definition) is 0. The lowest BCUT2D eigenvalue weighted by Crippen LogP contribution is -2.29. The predicted octanol–water partition coefficient (Wildman–Crippen LogP) is -0.830. The molecule has 9 nitrogen and oxygen atoms in total. The molecule has 0 aromatic carbocycles. The van der Waals surface area contributed by atoms with Gasteiger partial charge in [-0.05, 0) is 0 Å². The van der Waals surface area contributed by atoms with E-state index in [0.717, 1.165) is 0 Å². The summed E-state index contributed by atoms with van der Waals surface area (Å²) in [5.41, 5.74) is 0. The number of nitrogens with zero attached hydrogens (tertiary/aromatic N) is 2. The van der Waals surface area contributed by atoms with Crippen LogP contribution in [0.15, 0.2) is 0 Å². The van der Waals surface area contributed by atoms with Gasteiger partial charge in [0.2, 0.25) is 0 Å². The molecule has 2 atom stereocenters. The van der Waals surface area contributed by atoms with Gasteiger partial charge in [-0.25, -0.2) is 0 Å². The summed E-state index contributed by atoms with van der Waals surface area (Å²) in [5.74, 6) is 0. The van der Waals surface area contributed by atoms with E-state index in [9.17, 15) is 20.2 Å². The van der Waals surface area contributed by atoms with Crippen molar-refractivity contribution in [3.63, 3.8) is 0 Å². The number of rotatable bonds is 6. The number of ether oxygens (including phenoxy) is 1. The van der Waals surface area contributed by atoms with E-state index in [1.165, 1.54) is 0 Å². The Hall–Kier alpha value is -1.64. The van der Waals surface area contributed by atoms with Crippen LogP contribution in [0.2, 0.25) is 0 Å². The molecule has 1 fully saturated rings. The van der Waals surface area contributed by atoms with E-state index in [0.29, 0.717) is 6.61 Å². The first-order chi connectivity index (χ1) is 6.09. The van der Waals surface area contributed by atoms with Gasteiger partial charge in [0, 0.05) is 0 Å². The van der Waals surface area contributed by atoms with Crippen molar-refractivity contribution in [1.29, 1.82) is 0 Å². The highest BCUT2D eigenvalue weighted by atomic mass is 17.0. The minimum absolute atomic E-state index is 0.291. The maximum atomic E-state index is 9.89. The summed E-state index contributed by atoms with van der Waals surface area (Å²) in [4.78, 5) is 27.6. The minimum Gasteiger partial charge on any atom is -0.371 e. The van der Waals surface area contributed by atoms with Gasteiger partial charge >= 0.3 is 0 Å². The normalized spacial score (nSPS) is 21.7. The molecule has 0 aromatic rings. The van der Waals surface area contributed by atoms with Crippen LogP contribution in [-0.2, 0) is 14.4 Å². The van der Waals surface area contributed by atoms with Gasteiger partial charge in [-0.3, -0.25) is 0 Å². The summed E-state index contributed by atoms with van der Waals surface area (Å²) >= 11 is 0. The minimum atomic E-state index is -1.04. The highest BCUT2D eigenvalue weighted by Crippen LogP contribution is 2.17. The zero-order valence-corrected chi connectivity index (χ0v) is 6.32. The molecular weight excluding hydrogens is 188 g/mol. The second kappa shape index (κ2) is 3.85. The number of hydrogen-bond acceptors (Lipinski definition) is 7. The molecule has 0 amide bonds. The van der Waals surface area contributed by atoms with Crippen LogP contribution < -0.4 is 0 Å². The molecule has 1 aliphatic rings. The Morgan fingerprint density at radius 1 is 1.46 bits per heavy atom. The van der Waals surface area contributed by atoms with Crippen molar-refractivity contribution < 1.29 is 24.6 Å². The van der Waals surface area contributed by atoms with Crippen LogP contribution in [0.3, 0.4) is 0 Å². The third kappa shape index (κ3) is 3.51. The summed E-state index contributed by atoms with van der Waals surface area (Å²) in [6.45, 7) is -0.210. The van der Waals surface area contributed by atoms with Gasteiger partial charge in [0.25, 0.3) is 10.2 Å². The molecular formula is C4H6N2O7. The van der Waals surface area contributed by atoms with Crippen LogP contribution in [0.4, 0.5) is 0 Å². The topological polar surface area (TPSA) is 117 Å². The van der Waals surface area contributed by atoms with E-state index in [4.69, 9.17) is 0 Å². The number of epoxide rings is 1. The highest BCUT2D eigenvalue weighted by Gasteiger charge is 2.36. The summed E-state index contributed by atoms with van der Waals surface area (Å²) in [5, 5.41) is 17.6. The molecule has 1 heterocycles. The van der Waals surface area contributed by atoms with Gasteiger partial charge in [0.1, 0.15) is 12.7 Å². The van der Waals surface area contributed by atoms with Crippen LogP contribution >= 0.6 is 0 Å². The fourth-order valence-corrected chi connectivity index (χ4v) is 0.721. The molecule has 0 bridgehead atoms. The van der Waals surface area contributed by atoms with E-state index in [1.54, 1.807) is 0 Å². The first-order valence-corrected chi connectivity index (χ1v) is 3.29. The fourth-order valence-electron chi connectivity index (χ4n) is 0.721. The second-order valence-corrected chi connectivity index (χ2v) is 2.26. The standard InChI is InChI=1S/C4H6N2O7/c7-5(8)12-2-4(3-1-11-3)13-6(9)10/h3-4H,1-2H2. The Balaban J connectivity index is 2.29. The Labute approximate surface area is 71.4 Å². The van der Waals surface area contributed by atoms with Crippen LogP contribution in [0.5, 0.6) is 0 Å². The molecule has 0 aromatic heterocycles. The lowest BCUT2D eigenvalue weighted by molar-refractivity contribution is -0.790. The van der Waals surface area contributed by atoms with Crippen molar-refractivity contribution in [2.45, 2.75) is 12.2 Å². The quantitative estimate of drug-likeness (QED) is 0.307. The average Bonchev–Trinajstić information content (AvgIpc) is 2.78. The molecule has 1 saturated heterocycles. The lowest BCUT2D eigenvalue weighted by atomic mass is 10.3. The molecule has 9 heteroatoms. The third-order valence-corrected chi connectivity index (χ3v) is 1.34. The maximum Gasteiger partial charge on any atom is 0.294 e. The van der Waals surface area contributed by atoms with Crippen molar-refractivity contribution >= 4 is 0 Å². The van der Waals surface area contributed by atoms with Gasteiger partial charge in [-0.1, -0.05) is 0 Å². The first kappa shape index (κ1) is 9.45.